The number of pyridine rings is 1. The van der Waals surface area contributed by atoms with Crippen molar-refractivity contribution in [2.45, 2.75) is 12.6 Å². The van der Waals surface area contributed by atoms with Gasteiger partial charge in [0.15, 0.2) is 0 Å². The lowest BCUT2D eigenvalue weighted by Gasteiger charge is -2.26. The first-order valence-corrected chi connectivity index (χ1v) is 10.7. The van der Waals surface area contributed by atoms with Crippen LogP contribution in [-0.4, -0.2) is 40.4 Å². The van der Waals surface area contributed by atoms with Crippen molar-refractivity contribution in [2.24, 2.45) is 0 Å². The minimum Gasteiger partial charge on any atom is -0.507 e. The molecule has 1 N–H and O–H groups in total. The molecule has 0 spiro atoms. The van der Waals surface area contributed by atoms with Crippen molar-refractivity contribution in [1.82, 2.24) is 9.88 Å². The van der Waals surface area contributed by atoms with Crippen LogP contribution >= 0.6 is 0 Å². The monoisotopic (exact) mass is 456 g/mol. The second-order valence-corrected chi connectivity index (χ2v) is 7.65. The van der Waals surface area contributed by atoms with Gasteiger partial charge in [-0.25, -0.2) is 0 Å². The summed E-state index contributed by atoms with van der Waals surface area (Å²) in [5.74, 6) is -0.630. The molecule has 1 aliphatic heterocycles. The van der Waals surface area contributed by atoms with E-state index in [0.29, 0.717) is 29.2 Å². The Balaban J connectivity index is 1.82. The maximum absolute atomic E-state index is 13.2. The number of carbonyl (C=O) groups is 2. The molecule has 0 radical (unpaired) electrons. The Morgan fingerprint density at radius 3 is 2.56 bits per heavy atom. The van der Waals surface area contributed by atoms with Gasteiger partial charge in [0.1, 0.15) is 23.9 Å². The number of amides is 1. The molecule has 1 aliphatic rings. The topological polar surface area (TPSA) is 89.0 Å². The third-order valence-corrected chi connectivity index (χ3v) is 5.54. The molecule has 0 saturated carbocycles. The van der Waals surface area contributed by atoms with Crippen LogP contribution in [0.15, 0.2) is 91.3 Å². The zero-order chi connectivity index (χ0) is 24.1. The average molecular weight is 456 g/mol. The first-order valence-electron chi connectivity index (χ1n) is 10.7. The molecular formula is C27H24N2O5. The second kappa shape index (κ2) is 10.0. The van der Waals surface area contributed by atoms with E-state index in [9.17, 15) is 14.7 Å². The zero-order valence-corrected chi connectivity index (χ0v) is 18.7. The highest BCUT2D eigenvalue weighted by atomic mass is 16.5. The van der Waals surface area contributed by atoms with Crippen molar-refractivity contribution in [3.63, 3.8) is 0 Å². The van der Waals surface area contributed by atoms with E-state index in [-0.39, 0.29) is 17.9 Å². The summed E-state index contributed by atoms with van der Waals surface area (Å²) < 4.78 is 11.0. The fourth-order valence-electron chi connectivity index (χ4n) is 3.97. The molecule has 2 aromatic carbocycles. The highest BCUT2D eigenvalue weighted by Crippen LogP contribution is 2.43. The van der Waals surface area contributed by atoms with Gasteiger partial charge in [-0.2, -0.15) is 0 Å². The average Bonchev–Trinajstić information content (AvgIpc) is 3.12. The summed E-state index contributed by atoms with van der Waals surface area (Å²) in [6, 6.07) is 16.5. The molecule has 4 rings (SSSR count). The number of benzene rings is 2. The van der Waals surface area contributed by atoms with Gasteiger partial charge in [0.2, 0.25) is 0 Å². The largest absolute Gasteiger partial charge is 0.507 e. The highest BCUT2D eigenvalue weighted by Gasteiger charge is 2.47. The maximum atomic E-state index is 13.2. The minimum atomic E-state index is -0.840. The molecule has 1 unspecified atom stereocenters. The number of aromatic nitrogens is 1. The SMILES string of the molecule is C=CCOc1ccc(C(O)=C2C(=O)C(=O)N(Cc3cccnc3)C2c2ccccc2OC)cc1. The molecule has 0 bridgehead atoms. The second-order valence-electron chi connectivity index (χ2n) is 7.65. The Morgan fingerprint density at radius 2 is 1.88 bits per heavy atom. The predicted molar refractivity (Wildman–Crippen MR) is 127 cm³/mol. The first kappa shape index (κ1) is 22.8. The van der Waals surface area contributed by atoms with E-state index in [1.54, 1.807) is 73.1 Å². The van der Waals surface area contributed by atoms with E-state index >= 15 is 0 Å². The van der Waals surface area contributed by atoms with Gasteiger partial charge in [-0.3, -0.25) is 14.6 Å². The number of rotatable bonds is 8. The van der Waals surface area contributed by atoms with Gasteiger partial charge < -0.3 is 19.5 Å². The Kier molecular flexibility index (Phi) is 6.73. The zero-order valence-electron chi connectivity index (χ0n) is 18.7. The van der Waals surface area contributed by atoms with Crippen LogP contribution in [0.1, 0.15) is 22.7 Å². The van der Waals surface area contributed by atoms with E-state index in [4.69, 9.17) is 9.47 Å². The van der Waals surface area contributed by atoms with Gasteiger partial charge in [-0.1, -0.05) is 36.9 Å². The van der Waals surface area contributed by atoms with E-state index in [1.165, 1.54) is 12.0 Å². The number of nitrogens with zero attached hydrogens (tertiary/aromatic N) is 2. The number of ether oxygens (including phenoxy) is 2. The van der Waals surface area contributed by atoms with Crippen LogP contribution in [0.2, 0.25) is 0 Å². The van der Waals surface area contributed by atoms with Crippen molar-refractivity contribution in [3.8, 4) is 11.5 Å². The summed E-state index contributed by atoms with van der Waals surface area (Å²) in [6.45, 7) is 4.11. The quantitative estimate of drug-likeness (QED) is 0.236. The standard InChI is InChI=1S/C27H24N2O5/c1-3-15-34-20-12-10-19(11-13-20)25(30)23-24(21-8-4-5-9-22(21)33-2)29(27(32)26(23)31)17-18-7-6-14-28-16-18/h3-14,16,24,30H,1,15,17H2,2H3. The molecule has 1 atom stereocenters. The van der Waals surface area contributed by atoms with Crippen molar-refractivity contribution in [2.75, 3.05) is 13.7 Å². The molecular weight excluding hydrogens is 432 g/mol. The lowest BCUT2D eigenvalue weighted by molar-refractivity contribution is -0.140. The molecule has 1 saturated heterocycles. The highest BCUT2D eigenvalue weighted by molar-refractivity contribution is 6.46. The van der Waals surface area contributed by atoms with Crippen molar-refractivity contribution < 1.29 is 24.2 Å². The molecule has 7 heteroatoms. The van der Waals surface area contributed by atoms with E-state index < -0.39 is 17.7 Å². The number of carbonyl (C=O) groups excluding carboxylic acids is 2. The van der Waals surface area contributed by atoms with Gasteiger partial charge in [0, 0.05) is 30.1 Å². The van der Waals surface area contributed by atoms with Crippen LogP contribution in [0.4, 0.5) is 0 Å². The van der Waals surface area contributed by atoms with Crippen LogP contribution in [-0.2, 0) is 16.1 Å². The predicted octanol–water partition coefficient (Wildman–Crippen LogP) is 4.28. The Morgan fingerprint density at radius 1 is 1.12 bits per heavy atom. The molecule has 34 heavy (non-hydrogen) atoms. The Labute approximate surface area is 197 Å². The van der Waals surface area contributed by atoms with E-state index in [0.717, 1.165) is 5.56 Å². The summed E-state index contributed by atoms with van der Waals surface area (Å²) in [7, 11) is 1.52. The van der Waals surface area contributed by atoms with Gasteiger partial charge in [0.05, 0.1) is 18.7 Å². The van der Waals surface area contributed by atoms with E-state index in [1.807, 2.05) is 6.07 Å². The van der Waals surface area contributed by atoms with Crippen LogP contribution in [0.3, 0.4) is 0 Å². The smallest absolute Gasteiger partial charge is 0.295 e. The van der Waals surface area contributed by atoms with Gasteiger partial charge in [0.25, 0.3) is 11.7 Å². The normalized spacial score (nSPS) is 17.0. The molecule has 1 amide bonds. The number of methoxy groups -OCH3 is 1. The van der Waals surface area contributed by atoms with Crippen LogP contribution < -0.4 is 9.47 Å². The minimum absolute atomic E-state index is 0.00171. The number of hydrogen-bond acceptors (Lipinski definition) is 6. The van der Waals surface area contributed by atoms with Gasteiger partial charge in [-0.15, -0.1) is 0 Å². The number of hydrogen-bond donors (Lipinski definition) is 1. The fourth-order valence-corrected chi connectivity index (χ4v) is 3.97. The number of ketones is 1. The van der Waals surface area contributed by atoms with Crippen molar-refractivity contribution >= 4 is 17.4 Å². The fraction of sp³-hybridized carbons (Fsp3) is 0.148. The summed E-state index contributed by atoms with van der Waals surface area (Å²) in [4.78, 5) is 31.9. The molecule has 1 fully saturated rings. The lowest BCUT2D eigenvalue weighted by Crippen LogP contribution is -2.29. The summed E-state index contributed by atoms with van der Waals surface area (Å²) in [5, 5.41) is 11.2. The number of likely N-dealkylation sites (tertiary alicyclic amines) is 1. The third-order valence-electron chi connectivity index (χ3n) is 5.54. The van der Waals surface area contributed by atoms with Gasteiger partial charge >= 0.3 is 0 Å². The van der Waals surface area contributed by atoms with Crippen molar-refractivity contribution in [3.05, 3.63) is 108 Å². The van der Waals surface area contributed by atoms with Crippen LogP contribution in [0, 0.1) is 0 Å². The molecule has 1 aromatic heterocycles. The Hall–Kier alpha value is -4.39. The third kappa shape index (κ3) is 4.41. The molecule has 0 aliphatic carbocycles. The van der Waals surface area contributed by atoms with Crippen LogP contribution in [0.25, 0.3) is 5.76 Å². The van der Waals surface area contributed by atoms with Crippen molar-refractivity contribution in [1.29, 1.82) is 0 Å². The van der Waals surface area contributed by atoms with Gasteiger partial charge in [-0.05, 0) is 42.0 Å². The lowest BCUT2D eigenvalue weighted by atomic mass is 9.94. The molecule has 172 valence electrons. The number of aliphatic hydroxyl groups excluding tert-OH is 1. The number of para-hydroxylation sites is 1. The summed E-state index contributed by atoms with van der Waals surface area (Å²) in [6.07, 6.45) is 4.91. The first-order chi connectivity index (χ1) is 16.5. The molecule has 2 heterocycles. The van der Waals surface area contributed by atoms with Crippen LogP contribution in [0.5, 0.6) is 11.5 Å². The molecule has 7 nitrogen and oxygen atoms in total. The number of aliphatic hydroxyl groups is 1. The Bertz CT molecular complexity index is 1240. The molecule has 3 aromatic rings. The number of Topliss-reactive ketones (excluding diaryl/α,β-unsaturated/α-hetero) is 1. The summed E-state index contributed by atoms with van der Waals surface area (Å²) in [5.41, 5.74) is 1.75. The summed E-state index contributed by atoms with van der Waals surface area (Å²) >= 11 is 0. The van der Waals surface area contributed by atoms with E-state index in [2.05, 4.69) is 11.6 Å². The maximum Gasteiger partial charge on any atom is 0.295 e.